The summed E-state index contributed by atoms with van der Waals surface area (Å²) in [6.45, 7) is 5.70. The van der Waals surface area contributed by atoms with Crippen molar-refractivity contribution in [3.8, 4) is 0 Å². The zero-order valence-electron chi connectivity index (χ0n) is 11.6. The summed E-state index contributed by atoms with van der Waals surface area (Å²) in [5.74, 6) is 0. The maximum atomic E-state index is 12.7. The van der Waals surface area contributed by atoms with E-state index in [1.54, 1.807) is 0 Å². The fraction of sp³-hybridized carbons (Fsp3) is 0.571. The Morgan fingerprint density at radius 2 is 1.80 bits per heavy atom. The van der Waals surface area contributed by atoms with E-state index in [-0.39, 0.29) is 28.5 Å². The number of hydrogen-bond donors (Lipinski definition) is 2. The molecule has 1 aromatic carbocycles. The van der Waals surface area contributed by atoms with Crippen LogP contribution in [0.1, 0.15) is 44.4 Å². The van der Waals surface area contributed by atoms with Crippen LogP contribution in [0.5, 0.6) is 0 Å². The first-order valence-electron chi connectivity index (χ1n) is 6.23. The van der Waals surface area contributed by atoms with Crippen molar-refractivity contribution in [1.29, 1.82) is 0 Å². The molecule has 2 atom stereocenters. The molecule has 0 spiro atoms. The molecular formula is C14H19ClF3NO. The quantitative estimate of drug-likeness (QED) is 0.881. The third kappa shape index (κ3) is 4.36. The van der Waals surface area contributed by atoms with E-state index in [1.807, 2.05) is 20.8 Å². The average Bonchev–Trinajstić information content (AvgIpc) is 2.26. The molecule has 1 rings (SSSR count). The van der Waals surface area contributed by atoms with Crippen LogP contribution >= 0.6 is 11.6 Å². The van der Waals surface area contributed by atoms with Crippen LogP contribution in [0.3, 0.4) is 0 Å². The fourth-order valence-electron chi connectivity index (χ4n) is 1.70. The van der Waals surface area contributed by atoms with Crippen LogP contribution in [0, 0.1) is 5.41 Å². The highest BCUT2D eigenvalue weighted by atomic mass is 35.5. The van der Waals surface area contributed by atoms with Gasteiger partial charge in [-0.25, -0.2) is 0 Å². The van der Waals surface area contributed by atoms with E-state index in [4.69, 9.17) is 17.3 Å². The predicted molar refractivity (Wildman–Crippen MR) is 73.5 cm³/mol. The van der Waals surface area contributed by atoms with Gasteiger partial charge in [-0.3, -0.25) is 0 Å². The smallest absolute Gasteiger partial charge is 0.388 e. The molecule has 2 nitrogen and oxygen atoms in total. The molecule has 0 amide bonds. The molecule has 6 heteroatoms. The highest BCUT2D eigenvalue weighted by molar-refractivity contribution is 6.31. The third-order valence-corrected chi connectivity index (χ3v) is 3.62. The Bertz CT molecular complexity index is 468. The van der Waals surface area contributed by atoms with Crippen LogP contribution in [0.4, 0.5) is 13.2 Å². The Morgan fingerprint density at radius 1 is 1.25 bits per heavy atom. The molecule has 3 N–H and O–H groups in total. The van der Waals surface area contributed by atoms with Gasteiger partial charge in [0.15, 0.2) is 0 Å². The average molecular weight is 310 g/mol. The number of benzene rings is 1. The molecule has 0 unspecified atom stereocenters. The molecule has 0 aliphatic rings. The molecule has 0 heterocycles. The van der Waals surface area contributed by atoms with Gasteiger partial charge in [0.1, 0.15) is 0 Å². The normalized spacial score (nSPS) is 16.1. The van der Waals surface area contributed by atoms with Gasteiger partial charge in [0.05, 0.1) is 11.7 Å². The summed E-state index contributed by atoms with van der Waals surface area (Å²) in [6, 6.07) is 2.55. The zero-order chi connectivity index (χ0) is 15.7. The molecule has 0 bridgehead atoms. The summed E-state index contributed by atoms with van der Waals surface area (Å²) in [5, 5.41) is 10.2. The van der Waals surface area contributed by atoms with Gasteiger partial charge < -0.3 is 10.8 Å². The second-order valence-corrected chi connectivity index (χ2v) is 6.37. The van der Waals surface area contributed by atoms with E-state index in [0.717, 1.165) is 18.2 Å². The second-order valence-electron chi connectivity index (χ2n) is 5.96. The summed E-state index contributed by atoms with van der Waals surface area (Å²) in [4.78, 5) is 0. The summed E-state index contributed by atoms with van der Waals surface area (Å²) in [7, 11) is 0. The van der Waals surface area contributed by atoms with Crippen molar-refractivity contribution in [3.05, 3.63) is 34.3 Å². The minimum Gasteiger partial charge on any atom is -0.388 e. The van der Waals surface area contributed by atoms with E-state index < -0.39 is 17.8 Å². The van der Waals surface area contributed by atoms with Gasteiger partial charge in [0.2, 0.25) is 0 Å². The highest BCUT2D eigenvalue weighted by Gasteiger charge is 2.32. The fourth-order valence-corrected chi connectivity index (χ4v) is 1.94. The van der Waals surface area contributed by atoms with Gasteiger partial charge in [0, 0.05) is 11.1 Å². The van der Waals surface area contributed by atoms with Crippen molar-refractivity contribution in [2.24, 2.45) is 11.1 Å². The van der Waals surface area contributed by atoms with E-state index in [1.165, 1.54) is 0 Å². The van der Waals surface area contributed by atoms with Crippen molar-refractivity contribution in [1.82, 2.24) is 0 Å². The molecule has 0 radical (unpaired) electrons. The van der Waals surface area contributed by atoms with Crippen molar-refractivity contribution >= 4 is 11.6 Å². The van der Waals surface area contributed by atoms with Crippen LogP contribution in [-0.4, -0.2) is 11.1 Å². The molecule has 0 aliphatic carbocycles. The van der Waals surface area contributed by atoms with Crippen LogP contribution in [0.15, 0.2) is 18.2 Å². The summed E-state index contributed by atoms with van der Waals surface area (Å²) >= 11 is 5.87. The van der Waals surface area contributed by atoms with Crippen molar-refractivity contribution < 1.29 is 18.3 Å². The number of alkyl halides is 3. The third-order valence-electron chi connectivity index (χ3n) is 3.27. The number of hydrogen-bond acceptors (Lipinski definition) is 2. The topological polar surface area (TPSA) is 46.2 Å². The number of nitrogens with two attached hydrogens (primary N) is 1. The number of rotatable bonds is 3. The minimum atomic E-state index is -4.47. The standard InChI is InChI=1S/C14H19ClF3NO/c1-13(2,3)12(19)7-11(20)9-6-8(14(16,17)18)4-5-10(9)15/h4-6,11-12,20H,7,19H2,1-3H3/t11-,12+/m1/s1. The maximum Gasteiger partial charge on any atom is 0.416 e. The van der Waals surface area contributed by atoms with Crippen molar-refractivity contribution in [2.45, 2.75) is 45.5 Å². The van der Waals surface area contributed by atoms with Crippen molar-refractivity contribution in [3.63, 3.8) is 0 Å². The lowest BCUT2D eigenvalue weighted by Crippen LogP contribution is -2.36. The predicted octanol–water partition coefficient (Wildman–Crippen LogP) is 4.16. The zero-order valence-corrected chi connectivity index (χ0v) is 12.4. The van der Waals surface area contributed by atoms with Crippen LogP contribution in [0.2, 0.25) is 5.02 Å². The Labute approximate surface area is 121 Å². The number of aliphatic hydroxyl groups excluding tert-OH is 1. The number of halogens is 4. The van der Waals surface area contributed by atoms with Gasteiger partial charge in [-0.2, -0.15) is 13.2 Å². The molecule has 114 valence electrons. The van der Waals surface area contributed by atoms with Crippen LogP contribution < -0.4 is 5.73 Å². The Morgan fingerprint density at radius 3 is 2.25 bits per heavy atom. The number of aliphatic hydroxyl groups is 1. The molecule has 0 aliphatic heterocycles. The molecule has 0 fully saturated rings. The van der Waals surface area contributed by atoms with Crippen LogP contribution in [-0.2, 0) is 6.18 Å². The Kier molecular flexibility index (Phi) is 5.11. The van der Waals surface area contributed by atoms with E-state index in [9.17, 15) is 18.3 Å². The highest BCUT2D eigenvalue weighted by Crippen LogP contribution is 2.35. The van der Waals surface area contributed by atoms with E-state index >= 15 is 0 Å². The van der Waals surface area contributed by atoms with Crippen molar-refractivity contribution in [2.75, 3.05) is 0 Å². The first-order chi connectivity index (χ1) is 8.93. The van der Waals surface area contributed by atoms with E-state index in [0.29, 0.717) is 0 Å². The van der Waals surface area contributed by atoms with Gasteiger partial charge >= 0.3 is 6.18 Å². The van der Waals surface area contributed by atoms with Gasteiger partial charge in [-0.1, -0.05) is 32.4 Å². The molecule has 0 saturated heterocycles. The van der Waals surface area contributed by atoms with Gasteiger partial charge in [0.25, 0.3) is 0 Å². The first kappa shape index (κ1) is 17.3. The molecule has 20 heavy (non-hydrogen) atoms. The van der Waals surface area contributed by atoms with Gasteiger partial charge in [-0.05, 0) is 35.6 Å². The molecular weight excluding hydrogens is 291 g/mol. The van der Waals surface area contributed by atoms with E-state index in [2.05, 4.69) is 0 Å². The monoisotopic (exact) mass is 309 g/mol. The lowest BCUT2D eigenvalue weighted by Gasteiger charge is -2.29. The summed E-state index contributed by atoms with van der Waals surface area (Å²) in [6.07, 6.45) is -5.45. The minimum absolute atomic E-state index is 0.0567. The second kappa shape index (κ2) is 5.92. The maximum absolute atomic E-state index is 12.7. The molecule has 1 aromatic rings. The Hall–Kier alpha value is -0.780. The largest absolute Gasteiger partial charge is 0.416 e. The Balaban J connectivity index is 3.01. The summed E-state index contributed by atoms with van der Waals surface area (Å²) in [5.41, 5.74) is 4.91. The van der Waals surface area contributed by atoms with Gasteiger partial charge in [-0.15, -0.1) is 0 Å². The lowest BCUT2D eigenvalue weighted by molar-refractivity contribution is -0.137. The molecule has 0 saturated carbocycles. The SMILES string of the molecule is CC(C)(C)[C@@H](N)C[C@@H](O)c1cc(C(F)(F)F)ccc1Cl. The first-order valence-corrected chi connectivity index (χ1v) is 6.61. The summed E-state index contributed by atoms with van der Waals surface area (Å²) < 4.78 is 38.0. The molecule has 0 aromatic heterocycles. The van der Waals surface area contributed by atoms with Crippen LogP contribution in [0.25, 0.3) is 0 Å². The lowest BCUT2D eigenvalue weighted by atomic mass is 9.83.